The lowest BCUT2D eigenvalue weighted by molar-refractivity contribution is 0.184. The average molecular weight is 421 g/mol. The van der Waals surface area contributed by atoms with Gasteiger partial charge < -0.3 is 14.7 Å². The van der Waals surface area contributed by atoms with Gasteiger partial charge in [-0.25, -0.2) is 4.79 Å². The number of carbonyl (C=O) groups excluding carboxylic acids is 1. The average Bonchev–Trinajstić information content (AvgIpc) is 3.39. The highest BCUT2D eigenvalue weighted by Gasteiger charge is 2.30. The lowest BCUT2D eigenvalue weighted by atomic mass is 9.95. The van der Waals surface area contributed by atoms with Crippen molar-refractivity contribution in [1.82, 2.24) is 30.1 Å². The Kier molecular flexibility index (Phi) is 5.44. The molecule has 3 aromatic rings. The monoisotopic (exact) mass is 420 g/mol. The summed E-state index contributed by atoms with van der Waals surface area (Å²) in [4.78, 5) is 19.3. The van der Waals surface area contributed by atoms with E-state index in [9.17, 15) is 4.79 Å². The van der Waals surface area contributed by atoms with E-state index >= 15 is 0 Å². The number of aromatic nitrogens is 4. The smallest absolute Gasteiger partial charge is 0.317 e. The quantitative estimate of drug-likeness (QED) is 0.698. The van der Waals surface area contributed by atoms with Crippen LogP contribution in [0, 0.1) is 0 Å². The third-order valence-electron chi connectivity index (χ3n) is 6.34. The van der Waals surface area contributed by atoms with Crippen LogP contribution in [-0.2, 0) is 26.4 Å². The lowest BCUT2D eigenvalue weighted by Crippen LogP contribution is -2.47. The molecule has 5 rings (SSSR count). The van der Waals surface area contributed by atoms with Crippen molar-refractivity contribution in [3.63, 3.8) is 0 Å². The summed E-state index contributed by atoms with van der Waals surface area (Å²) < 4.78 is 7.44. The van der Waals surface area contributed by atoms with Crippen LogP contribution in [0.5, 0.6) is 0 Å². The van der Waals surface area contributed by atoms with Gasteiger partial charge in [-0.3, -0.25) is 4.68 Å². The molecule has 162 valence electrons. The summed E-state index contributed by atoms with van der Waals surface area (Å²) >= 11 is 0. The van der Waals surface area contributed by atoms with E-state index in [1.807, 2.05) is 47.0 Å². The lowest BCUT2D eigenvalue weighted by Gasteiger charge is -2.31. The van der Waals surface area contributed by atoms with Crippen molar-refractivity contribution >= 4 is 6.03 Å². The third-order valence-corrected chi connectivity index (χ3v) is 6.34. The summed E-state index contributed by atoms with van der Waals surface area (Å²) in [5, 5.41) is 12.0. The van der Waals surface area contributed by atoms with Crippen molar-refractivity contribution in [3.05, 3.63) is 53.0 Å². The molecule has 0 saturated heterocycles. The molecule has 1 N–H and O–H groups in total. The summed E-state index contributed by atoms with van der Waals surface area (Å²) in [7, 11) is 1.93. The van der Waals surface area contributed by atoms with Crippen LogP contribution in [0.15, 0.2) is 34.9 Å². The predicted octanol–water partition coefficient (Wildman–Crippen LogP) is 3.46. The topological polar surface area (TPSA) is 89.1 Å². The molecule has 3 heterocycles. The van der Waals surface area contributed by atoms with Gasteiger partial charge in [-0.2, -0.15) is 10.1 Å². The maximum Gasteiger partial charge on any atom is 0.317 e. The number of hydrogen-bond donors (Lipinski definition) is 1. The van der Waals surface area contributed by atoms with E-state index in [2.05, 4.69) is 20.6 Å². The zero-order chi connectivity index (χ0) is 21.2. The van der Waals surface area contributed by atoms with E-state index in [1.54, 1.807) is 0 Å². The van der Waals surface area contributed by atoms with E-state index in [4.69, 9.17) is 4.52 Å². The minimum absolute atomic E-state index is 0.0163. The van der Waals surface area contributed by atoms with Gasteiger partial charge in [-0.05, 0) is 18.4 Å². The Bertz CT molecular complexity index is 1050. The number of aryl methyl sites for hydroxylation is 1. The molecule has 0 spiro atoms. The maximum absolute atomic E-state index is 12.9. The van der Waals surface area contributed by atoms with Crippen LogP contribution < -0.4 is 5.32 Å². The number of nitrogens with one attached hydrogen (secondary N) is 1. The van der Waals surface area contributed by atoms with Crippen molar-refractivity contribution < 1.29 is 9.32 Å². The molecule has 1 saturated carbocycles. The zero-order valence-electron chi connectivity index (χ0n) is 17.9. The van der Waals surface area contributed by atoms with Crippen molar-refractivity contribution in [3.8, 4) is 11.6 Å². The summed E-state index contributed by atoms with van der Waals surface area (Å²) in [6, 6.07) is 10.4. The van der Waals surface area contributed by atoms with Crippen molar-refractivity contribution in [2.45, 2.75) is 57.5 Å². The van der Waals surface area contributed by atoms with E-state index in [1.165, 1.54) is 19.3 Å². The second kappa shape index (κ2) is 8.53. The van der Waals surface area contributed by atoms with E-state index in [0.29, 0.717) is 43.0 Å². The number of fused-ring (bicyclic) bond motifs is 1. The highest BCUT2D eigenvalue weighted by molar-refractivity contribution is 5.75. The molecule has 8 heteroatoms. The van der Waals surface area contributed by atoms with Gasteiger partial charge in [0.1, 0.15) is 0 Å². The van der Waals surface area contributed by atoms with Gasteiger partial charge in [0, 0.05) is 43.7 Å². The molecule has 2 aromatic heterocycles. The first-order chi connectivity index (χ1) is 15.2. The third kappa shape index (κ3) is 4.19. The standard InChI is InChI=1S/C23H28N6O2/c1-28-19-12-13-29(23(30)24-17-10-6-3-7-11-17)15-18(19)21(26-28)22-25-20(27-31-22)14-16-8-4-2-5-9-16/h2,4-5,8-9,17H,3,6-7,10-15H2,1H3,(H,24,30). The first kappa shape index (κ1) is 19.8. The Morgan fingerprint density at radius 2 is 2.00 bits per heavy atom. The number of hydrogen-bond acceptors (Lipinski definition) is 5. The maximum atomic E-state index is 12.9. The van der Waals surface area contributed by atoms with Crippen LogP contribution in [0.1, 0.15) is 54.7 Å². The number of rotatable bonds is 4. The van der Waals surface area contributed by atoms with Gasteiger partial charge in [-0.15, -0.1) is 0 Å². The van der Waals surface area contributed by atoms with Crippen LogP contribution in [0.25, 0.3) is 11.6 Å². The van der Waals surface area contributed by atoms with Crippen LogP contribution in [-0.4, -0.2) is 43.4 Å². The number of urea groups is 1. The van der Waals surface area contributed by atoms with Crippen molar-refractivity contribution in [1.29, 1.82) is 0 Å². The minimum Gasteiger partial charge on any atom is -0.335 e. The highest BCUT2D eigenvalue weighted by atomic mass is 16.5. The normalized spacial score (nSPS) is 16.9. The molecule has 0 atom stereocenters. The molecule has 0 unspecified atom stereocenters. The fraction of sp³-hybridized carbons (Fsp3) is 0.478. The number of carbonyl (C=O) groups is 1. The van der Waals surface area contributed by atoms with Gasteiger partial charge in [0.15, 0.2) is 11.5 Å². The Hall–Kier alpha value is -3.16. The van der Waals surface area contributed by atoms with E-state index in [0.717, 1.165) is 36.1 Å². The van der Waals surface area contributed by atoms with Crippen LogP contribution in [0.3, 0.4) is 0 Å². The number of amides is 2. The van der Waals surface area contributed by atoms with Crippen molar-refractivity contribution in [2.24, 2.45) is 7.05 Å². The molecular weight excluding hydrogens is 392 g/mol. The summed E-state index contributed by atoms with van der Waals surface area (Å²) in [5.74, 6) is 1.04. The molecular formula is C23H28N6O2. The SMILES string of the molecule is Cn1nc(-c2nc(Cc3ccccc3)no2)c2c1CCN(C(=O)NC1CCCCC1)C2. The van der Waals surface area contributed by atoms with E-state index in [-0.39, 0.29) is 6.03 Å². The zero-order valence-corrected chi connectivity index (χ0v) is 17.9. The Morgan fingerprint density at radius 3 is 2.81 bits per heavy atom. The first-order valence-electron chi connectivity index (χ1n) is 11.1. The molecule has 0 bridgehead atoms. The van der Waals surface area contributed by atoms with Gasteiger partial charge in [0.05, 0.1) is 6.54 Å². The largest absolute Gasteiger partial charge is 0.335 e. The van der Waals surface area contributed by atoms with Gasteiger partial charge >= 0.3 is 6.03 Å². The first-order valence-corrected chi connectivity index (χ1v) is 11.1. The van der Waals surface area contributed by atoms with Crippen molar-refractivity contribution in [2.75, 3.05) is 6.54 Å². The molecule has 1 aliphatic carbocycles. The number of benzene rings is 1. The second-order valence-electron chi connectivity index (χ2n) is 8.53. The molecule has 1 aliphatic heterocycles. The molecule has 2 aliphatic rings. The van der Waals surface area contributed by atoms with Crippen LogP contribution >= 0.6 is 0 Å². The van der Waals surface area contributed by atoms with Crippen LogP contribution in [0.4, 0.5) is 4.79 Å². The minimum atomic E-state index is 0.0163. The molecule has 1 aromatic carbocycles. The molecule has 31 heavy (non-hydrogen) atoms. The molecule has 8 nitrogen and oxygen atoms in total. The Balaban J connectivity index is 1.33. The van der Waals surface area contributed by atoms with Gasteiger partial charge in [-0.1, -0.05) is 54.8 Å². The van der Waals surface area contributed by atoms with Crippen LogP contribution in [0.2, 0.25) is 0 Å². The second-order valence-corrected chi connectivity index (χ2v) is 8.53. The molecule has 2 amide bonds. The summed E-state index contributed by atoms with van der Waals surface area (Å²) in [5.41, 5.74) is 3.94. The van der Waals surface area contributed by atoms with E-state index < -0.39 is 0 Å². The summed E-state index contributed by atoms with van der Waals surface area (Å²) in [6.45, 7) is 1.20. The van der Waals surface area contributed by atoms with Gasteiger partial charge in [0.25, 0.3) is 5.89 Å². The summed E-state index contributed by atoms with van der Waals surface area (Å²) in [6.07, 6.45) is 7.20. The highest BCUT2D eigenvalue weighted by Crippen LogP contribution is 2.29. The predicted molar refractivity (Wildman–Crippen MR) is 115 cm³/mol. The Labute approximate surface area is 181 Å². The Morgan fingerprint density at radius 1 is 1.19 bits per heavy atom. The fourth-order valence-corrected chi connectivity index (χ4v) is 4.65. The van der Waals surface area contributed by atoms with Gasteiger partial charge in [0.2, 0.25) is 0 Å². The molecule has 0 radical (unpaired) electrons. The number of nitrogens with zero attached hydrogens (tertiary/aromatic N) is 5. The molecule has 1 fully saturated rings. The fourth-order valence-electron chi connectivity index (χ4n) is 4.65.